The number of nitrogens with one attached hydrogen (secondary N) is 2. The maximum absolute atomic E-state index is 13.4. The first kappa shape index (κ1) is 20.0. The minimum absolute atomic E-state index is 0.00896. The Labute approximate surface area is 181 Å². The molecule has 5 rings (SSSR count). The van der Waals surface area contributed by atoms with Crippen LogP contribution in [0.5, 0.6) is 5.75 Å². The average Bonchev–Trinajstić information content (AvgIpc) is 3.44. The van der Waals surface area contributed by atoms with Crippen molar-refractivity contribution in [2.24, 2.45) is 0 Å². The molecule has 0 spiro atoms. The highest BCUT2D eigenvalue weighted by atomic mass is 19.1. The monoisotopic (exact) mass is 418 g/mol. The highest BCUT2D eigenvalue weighted by molar-refractivity contribution is 5.97. The summed E-state index contributed by atoms with van der Waals surface area (Å²) in [5, 5.41) is 8.80. The van der Waals surface area contributed by atoms with Gasteiger partial charge in [0.15, 0.2) is 0 Å². The molecule has 3 aromatic carbocycles. The van der Waals surface area contributed by atoms with Crippen LogP contribution >= 0.6 is 0 Å². The van der Waals surface area contributed by atoms with Crippen molar-refractivity contribution >= 4 is 16.7 Å². The number of rotatable bonds is 6. The molecule has 2 atom stereocenters. The zero-order valence-electron chi connectivity index (χ0n) is 17.7. The van der Waals surface area contributed by atoms with Gasteiger partial charge in [-0.25, -0.2) is 4.39 Å². The first-order chi connectivity index (χ1) is 15.0. The van der Waals surface area contributed by atoms with Crippen LogP contribution in [-0.4, -0.2) is 31.3 Å². The summed E-state index contributed by atoms with van der Waals surface area (Å²) in [6, 6.07) is 20.2. The van der Waals surface area contributed by atoms with Crippen molar-refractivity contribution in [3.05, 3.63) is 77.4 Å². The second kappa shape index (κ2) is 7.97. The lowest BCUT2D eigenvalue weighted by Gasteiger charge is -2.21. The normalized spacial score (nSPS) is 21.7. The van der Waals surface area contributed by atoms with Gasteiger partial charge in [0.1, 0.15) is 18.5 Å². The molecule has 0 aromatic heterocycles. The molecular weight excluding hydrogens is 391 g/mol. The topological polar surface area (TPSA) is 50.4 Å². The van der Waals surface area contributed by atoms with Crippen molar-refractivity contribution in [1.29, 1.82) is 0 Å². The Morgan fingerprint density at radius 3 is 2.74 bits per heavy atom. The third kappa shape index (κ3) is 4.02. The summed E-state index contributed by atoms with van der Waals surface area (Å²) < 4.78 is 19.2. The highest BCUT2D eigenvalue weighted by Gasteiger charge is 2.46. The van der Waals surface area contributed by atoms with Gasteiger partial charge in [-0.1, -0.05) is 48.5 Å². The lowest BCUT2D eigenvalue weighted by Crippen LogP contribution is -2.35. The fourth-order valence-electron chi connectivity index (χ4n) is 4.54. The van der Waals surface area contributed by atoms with E-state index in [0.29, 0.717) is 30.9 Å². The number of ether oxygens (including phenoxy) is 1. The lowest BCUT2D eigenvalue weighted by atomic mass is 9.96. The minimum Gasteiger partial charge on any atom is -0.492 e. The SMILES string of the molecule is Cc1ccc(OCC2C[C@@H](F)CN2)cc1C(=O)NC1(c2cccc3ccccc23)CC1. The van der Waals surface area contributed by atoms with E-state index >= 15 is 0 Å². The molecule has 0 radical (unpaired) electrons. The van der Waals surface area contributed by atoms with E-state index in [9.17, 15) is 9.18 Å². The van der Waals surface area contributed by atoms with Crippen LogP contribution in [0.2, 0.25) is 0 Å². The smallest absolute Gasteiger partial charge is 0.252 e. The number of carbonyl (C=O) groups is 1. The van der Waals surface area contributed by atoms with Crippen LogP contribution in [0.3, 0.4) is 0 Å². The zero-order chi connectivity index (χ0) is 21.4. The summed E-state index contributed by atoms with van der Waals surface area (Å²) in [4.78, 5) is 13.3. The molecule has 1 heterocycles. The predicted molar refractivity (Wildman–Crippen MR) is 120 cm³/mol. The number of fused-ring (bicyclic) bond motifs is 1. The number of halogens is 1. The first-order valence-electron chi connectivity index (χ1n) is 11.0. The van der Waals surface area contributed by atoms with E-state index in [-0.39, 0.29) is 17.5 Å². The molecule has 160 valence electrons. The Bertz CT molecular complexity index is 1120. The van der Waals surface area contributed by atoms with E-state index < -0.39 is 6.17 Å². The van der Waals surface area contributed by atoms with E-state index in [2.05, 4.69) is 41.0 Å². The van der Waals surface area contributed by atoms with Crippen LogP contribution in [0.25, 0.3) is 10.8 Å². The van der Waals surface area contributed by atoms with Crippen LogP contribution in [0.15, 0.2) is 60.7 Å². The summed E-state index contributed by atoms with van der Waals surface area (Å²) in [6.07, 6.45) is 1.52. The minimum atomic E-state index is -0.809. The highest BCUT2D eigenvalue weighted by Crippen LogP contribution is 2.48. The van der Waals surface area contributed by atoms with Gasteiger partial charge in [0.25, 0.3) is 5.91 Å². The maximum atomic E-state index is 13.4. The molecule has 1 aliphatic carbocycles. The standard InChI is InChI=1S/C26H27FN2O2/c1-17-9-10-21(31-16-20-13-19(27)15-28-20)14-23(17)25(30)29-26(11-12-26)24-8-4-6-18-5-2-3-7-22(18)24/h2-10,14,19-20,28H,11-13,15-16H2,1H3,(H,29,30)/t19-,20?/m1/s1. The number of amides is 1. The summed E-state index contributed by atoms with van der Waals surface area (Å²) >= 11 is 0. The van der Waals surface area contributed by atoms with Gasteiger partial charge in [-0.05, 0) is 60.2 Å². The fourth-order valence-corrected chi connectivity index (χ4v) is 4.54. The Morgan fingerprint density at radius 1 is 1.16 bits per heavy atom. The van der Waals surface area contributed by atoms with Crippen molar-refractivity contribution in [3.63, 3.8) is 0 Å². The summed E-state index contributed by atoms with van der Waals surface area (Å²) in [7, 11) is 0. The summed E-state index contributed by atoms with van der Waals surface area (Å²) in [5.74, 6) is 0.547. The molecule has 5 heteroatoms. The molecule has 2 fully saturated rings. The van der Waals surface area contributed by atoms with Crippen molar-refractivity contribution in [1.82, 2.24) is 10.6 Å². The van der Waals surface area contributed by atoms with Crippen LogP contribution in [0.4, 0.5) is 4.39 Å². The Hall–Kier alpha value is -2.92. The molecule has 4 nitrogen and oxygen atoms in total. The predicted octanol–water partition coefficient (Wildman–Crippen LogP) is 4.65. The summed E-state index contributed by atoms with van der Waals surface area (Å²) in [5.41, 5.74) is 2.38. The first-order valence-corrected chi connectivity index (χ1v) is 11.0. The second-order valence-corrected chi connectivity index (χ2v) is 8.79. The number of carbonyl (C=O) groups excluding carboxylic acids is 1. The molecule has 2 N–H and O–H groups in total. The number of benzene rings is 3. The van der Waals surface area contributed by atoms with E-state index in [1.54, 1.807) is 6.07 Å². The molecule has 31 heavy (non-hydrogen) atoms. The number of aryl methyl sites for hydroxylation is 1. The molecule has 1 saturated carbocycles. The van der Waals surface area contributed by atoms with Gasteiger partial charge in [-0.15, -0.1) is 0 Å². The fraction of sp³-hybridized carbons (Fsp3) is 0.346. The molecular formula is C26H27FN2O2. The third-order valence-electron chi connectivity index (χ3n) is 6.48. The number of alkyl halides is 1. The molecule has 2 aliphatic rings. The van der Waals surface area contributed by atoms with Crippen LogP contribution in [0.1, 0.15) is 40.7 Å². The van der Waals surface area contributed by atoms with Gasteiger partial charge in [-0.3, -0.25) is 4.79 Å². The Morgan fingerprint density at radius 2 is 1.97 bits per heavy atom. The second-order valence-electron chi connectivity index (χ2n) is 8.79. The van der Waals surface area contributed by atoms with Crippen LogP contribution < -0.4 is 15.4 Å². The summed E-state index contributed by atoms with van der Waals surface area (Å²) in [6.45, 7) is 2.71. The Balaban J connectivity index is 1.34. The maximum Gasteiger partial charge on any atom is 0.252 e. The average molecular weight is 419 g/mol. The van der Waals surface area contributed by atoms with Gasteiger partial charge < -0.3 is 15.4 Å². The van der Waals surface area contributed by atoms with E-state index in [4.69, 9.17) is 4.74 Å². The van der Waals surface area contributed by atoms with Crippen molar-refractivity contribution < 1.29 is 13.9 Å². The molecule has 3 aromatic rings. The molecule has 1 amide bonds. The van der Waals surface area contributed by atoms with Gasteiger partial charge in [-0.2, -0.15) is 0 Å². The van der Waals surface area contributed by atoms with Gasteiger partial charge in [0.05, 0.1) is 5.54 Å². The van der Waals surface area contributed by atoms with Crippen molar-refractivity contribution in [2.45, 2.75) is 43.9 Å². The molecule has 1 aliphatic heterocycles. The molecule has 1 unspecified atom stereocenters. The van der Waals surface area contributed by atoms with Crippen molar-refractivity contribution in [3.8, 4) is 5.75 Å². The molecule has 1 saturated heterocycles. The van der Waals surface area contributed by atoms with Crippen molar-refractivity contribution in [2.75, 3.05) is 13.2 Å². The Kier molecular flexibility index (Phi) is 5.14. The van der Waals surface area contributed by atoms with E-state index in [0.717, 1.165) is 18.4 Å². The third-order valence-corrected chi connectivity index (χ3v) is 6.48. The zero-order valence-corrected chi connectivity index (χ0v) is 17.7. The molecule has 0 bridgehead atoms. The number of hydrogen-bond donors (Lipinski definition) is 2. The van der Waals surface area contributed by atoms with Gasteiger partial charge >= 0.3 is 0 Å². The van der Waals surface area contributed by atoms with E-state index in [1.807, 2.05) is 31.2 Å². The number of hydrogen-bond acceptors (Lipinski definition) is 3. The quantitative estimate of drug-likeness (QED) is 0.613. The van der Waals surface area contributed by atoms with Gasteiger partial charge in [0, 0.05) is 18.2 Å². The van der Waals surface area contributed by atoms with Gasteiger partial charge in [0.2, 0.25) is 0 Å². The van der Waals surface area contributed by atoms with Crippen LogP contribution in [0, 0.1) is 6.92 Å². The van der Waals surface area contributed by atoms with E-state index in [1.165, 1.54) is 16.3 Å². The lowest BCUT2D eigenvalue weighted by molar-refractivity contribution is 0.0930. The van der Waals surface area contributed by atoms with Crippen LogP contribution in [-0.2, 0) is 5.54 Å². The largest absolute Gasteiger partial charge is 0.492 e.